The Kier molecular flexibility index (Phi) is 6.10. The van der Waals surface area contributed by atoms with E-state index in [0.29, 0.717) is 13.0 Å². The van der Waals surface area contributed by atoms with Gasteiger partial charge in [0.25, 0.3) is 0 Å². The third-order valence-electron chi connectivity index (χ3n) is 4.86. The lowest BCUT2D eigenvalue weighted by molar-refractivity contribution is -0.122. The molecule has 1 N–H and O–H groups in total. The lowest BCUT2D eigenvalue weighted by Gasteiger charge is -2.21. The van der Waals surface area contributed by atoms with E-state index >= 15 is 0 Å². The number of fused-ring (bicyclic) bond motifs is 1. The van der Waals surface area contributed by atoms with Crippen LogP contribution < -0.4 is 10.1 Å². The molecule has 0 radical (unpaired) electrons. The Bertz CT molecular complexity index is 696. The molecule has 3 nitrogen and oxygen atoms in total. The Morgan fingerprint density at radius 2 is 1.84 bits per heavy atom. The van der Waals surface area contributed by atoms with Gasteiger partial charge in [0, 0.05) is 0 Å². The van der Waals surface area contributed by atoms with Crippen molar-refractivity contribution in [1.29, 1.82) is 0 Å². The van der Waals surface area contributed by atoms with Gasteiger partial charge in [0.2, 0.25) is 5.91 Å². The molecule has 3 heteroatoms. The summed E-state index contributed by atoms with van der Waals surface area (Å²) in [7, 11) is 0. The van der Waals surface area contributed by atoms with Crippen molar-refractivity contribution >= 4 is 5.91 Å². The number of nitrogens with one attached hydrogen (secondary N) is 1. The van der Waals surface area contributed by atoms with Gasteiger partial charge in [-0.2, -0.15) is 0 Å². The third-order valence-corrected chi connectivity index (χ3v) is 4.86. The molecular weight excluding hydrogens is 310 g/mol. The molecule has 0 bridgehead atoms. The molecule has 1 unspecified atom stereocenters. The first kappa shape index (κ1) is 17.5. The van der Waals surface area contributed by atoms with Crippen LogP contribution in [0.2, 0.25) is 0 Å². The minimum atomic E-state index is 0.0421. The SMILES string of the molecule is CCC(NC(=O)CCOc1ccccc1)c1ccc2c(c1)CCCC2. The van der Waals surface area contributed by atoms with Gasteiger partial charge in [0.1, 0.15) is 5.75 Å². The van der Waals surface area contributed by atoms with Gasteiger partial charge in [-0.1, -0.05) is 43.3 Å². The van der Waals surface area contributed by atoms with Gasteiger partial charge in [0.05, 0.1) is 19.1 Å². The Hall–Kier alpha value is -2.29. The molecule has 0 aliphatic heterocycles. The van der Waals surface area contributed by atoms with E-state index in [-0.39, 0.29) is 11.9 Å². The molecule has 1 aliphatic carbocycles. The van der Waals surface area contributed by atoms with E-state index in [1.54, 1.807) is 0 Å². The summed E-state index contributed by atoms with van der Waals surface area (Å²) in [5, 5.41) is 3.16. The van der Waals surface area contributed by atoms with E-state index in [1.165, 1.54) is 42.4 Å². The topological polar surface area (TPSA) is 38.3 Å². The Balaban J connectivity index is 1.53. The van der Waals surface area contributed by atoms with Crippen LogP contribution in [0, 0.1) is 0 Å². The Morgan fingerprint density at radius 1 is 1.08 bits per heavy atom. The lowest BCUT2D eigenvalue weighted by Crippen LogP contribution is -2.29. The smallest absolute Gasteiger partial charge is 0.223 e. The maximum Gasteiger partial charge on any atom is 0.223 e. The molecule has 1 aliphatic rings. The molecule has 3 rings (SSSR count). The highest BCUT2D eigenvalue weighted by Crippen LogP contribution is 2.26. The molecular formula is C22H27NO2. The van der Waals surface area contributed by atoms with Crippen molar-refractivity contribution in [2.24, 2.45) is 0 Å². The zero-order valence-corrected chi connectivity index (χ0v) is 15.0. The summed E-state index contributed by atoms with van der Waals surface area (Å²) >= 11 is 0. The molecule has 0 heterocycles. The van der Waals surface area contributed by atoms with Gasteiger partial charge in [-0.3, -0.25) is 4.79 Å². The number of carbonyl (C=O) groups is 1. The van der Waals surface area contributed by atoms with Gasteiger partial charge < -0.3 is 10.1 Å². The third kappa shape index (κ3) is 4.85. The number of amides is 1. The Labute approximate surface area is 150 Å². The molecule has 0 fully saturated rings. The summed E-state index contributed by atoms with van der Waals surface area (Å²) in [6.07, 6.45) is 6.19. The molecule has 1 atom stereocenters. The highest BCUT2D eigenvalue weighted by atomic mass is 16.5. The van der Waals surface area contributed by atoms with Gasteiger partial charge >= 0.3 is 0 Å². The van der Waals surface area contributed by atoms with Crippen molar-refractivity contribution < 1.29 is 9.53 Å². The van der Waals surface area contributed by atoms with Crippen LogP contribution in [0.1, 0.15) is 55.3 Å². The quantitative estimate of drug-likeness (QED) is 0.802. The zero-order valence-electron chi connectivity index (χ0n) is 15.0. The predicted molar refractivity (Wildman–Crippen MR) is 101 cm³/mol. The molecule has 132 valence electrons. The summed E-state index contributed by atoms with van der Waals surface area (Å²) < 4.78 is 5.61. The summed E-state index contributed by atoms with van der Waals surface area (Å²) in [5.74, 6) is 0.845. The van der Waals surface area contributed by atoms with Crippen LogP contribution in [0.15, 0.2) is 48.5 Å². The maximum atomic E-state index is 12.3. The molecule has 0 spiro atoms. The summed E-state index contributed by atoms with van der Waals surface area (Å²) in [6.45, 7) is 2.52. The standard InChI is InChI=1S/C22H27NO2/c1-2-21(19-13-12-17-8-6-7-9-18(17)16-19)23-22(24)14-15-25-20-10-4-3-5-11-20/h3-5,10-13,16,21H,2,6-9,14-15H2,1H3,(H,23,24). The number of hydrogen-bond acceptors (Lipinski definition) is 2. The normalized spacial score (nSPS) is 14.4. The van der Waals surface area contributed by atoms with Crippen LogP contribution in [0.25, 0.3) is 0 Å². The van der Waals surface area contributed by atoms with Gasteiger partial charge in [-0.25, -0.2) is 0 Å². The minimum absolute atomic E-state index is 0.0421. The first-order valence-corrected chi connectivity index (χ1v) is 9.35. The van der Waals surface area contributed by atoms with Crippen LogP contribution >= 0.6 is 0 Å². The second-order valence-corrected chi connectivity index (χ2v) is 6.68. The number of aryl methyl sites for hydroxylation is 2. The second-order valence-electron chi connectivity index (χ2n) is 6.68. The van der Waals surface area contributed by atoms with Gasteiger partial charge in [-0.15, -0.1) is 0 Å². The van der Waals surface area contributed by atoms with Crippen molar-refractivity contribution in [2.75, 3.05) is 6.61 Å². The summed E-state index contributed by atoms with van der Waals surface area (Å²) in [5.41, 5.74) is 4.16. The molecule has 2 aromatic rings. The van der Waals surface area contributed by atoms with Crippen molar-refractivity contribution in [3.8, 4) is 5.75 Å². The van der Waals surface area contributed by atoms with Crippen molar-refractivity contribution in [3.63, 3.8) is 0 Å². The number of hydrogen-bond donors (Lipinski definition) is 1. The van der Waals surface area contributed by atoms with Gasteiger partial charge in [-0.05, 0) is 60.9 Å². The first-order valence-electron chi connectivity index (χ1n) is 9.35. The predicted octanol–water partition coefficient (Wildman–Crippen LogP) is 4.60. The van der Waals surface area contributed by atoms with E-state index in [1.807, 2.05) is 30.3 Å². The van der Waals surface area contributed by atoms with Crippen LogP contribution in [0.5, 0.6) is 5.75 Å². The molecule has 2 aromatic carbocycles. The number of rotatable bonds is 7. The fourth-order valence-electron chi connectivity index (χ4n) is 3.44. The van der Waals surface area contributed by atoms with Crippen LogP contribution in [0.4, 0.5) is 0 Å². The highest BCUT2D eigenvalue weighted by Gasteiger charge is 2.16. The monoisotopic (exact) mass is 337 g/mol. The average Bonchev–Trinajstić information content (AvgIpc) is 2.66. The van der Waals surface area contributed by atoms with Crippen molar-refractivity contribution in [1.82, 2.24) is 5.32 Å². The van der Waals surface area contributed by atoms with Crippen molar-refractivity contribution in [3.05, 3.63) is 65.2 Å². The highest BCUT2D eigenvalue weighted by molar-refractivity contribution is 5.76. The molecule has 0 saturated heterocycles. The van der Waals surface area contributed by atoms with E-state index in [2.05, 4.69) is 30.4 Å². The number of carbonyl (C=O) groups excluding carboxylic acids is 1. The second kappa shape index (κ2) is 8.70. The first-order chi connectivity index (χ1) is 12.3. The number of benzene rings is 2. The molecule has 0 aromatic heterocycles. The lowest BCUT2D eigenvalue weighted by atomic mass is 9.89. The van der Waals surface area contributed by atoms with E-state index in [4.69, 9.17) is 4.74 Å². The Morgan fingerprint density at radius 3 is 2.60 bits per heavy atom. The number of ether oxygens (including phenoxy) is 1. The maximum absolute atomic E-state index is 12.3. The average molecular weight is 337 g/mol. The van der Waals surface area contributed by atoms with Crippen LogP contribution in [-0.4, -0.2) is 12.5 Å². The van der Waals surface area contributed by atoms with E-state index in [0.717, 1.165) is 12.2 Å². The zero-order chi connectivity index (χ0) is 17.5. The number of para-hydroxylation sites is 1. The van der Waals surface area contributed by atoms with E-state index in [9.17, 15) is 4.79 Å². The summed E-state index contributed by atoms with van der Waals surface area (Å²) in [4.78, 5) is 12.3. The fourth-order valence-corrected chi connectivity index (χ4v) is 3.44. The van der Waals surface area contributed by atoms with Crippen LogP contribution in [0.3, 0.4) is 0 Å². The molecule has 25 heavy (non-hydrogen) atoms. The van der Waals surface area contributed by atoms with Gasteiger partial charge in [0.15, 0.2) is 0 Å². The minimum Gasteiger partial charge on any atom is -0.493 e. The van der Waals surface area contributed by atoms with E-state index < -0.39 is 0 Å². The fraction of sp³-hybridized carbons (Fsp3) is 0.409. The van der Waals surface area contributed by atoms with Crippen LogP contribution in [-0.2, 0) is 17.6 Å². The largest absolute Gasteiger partial charge is 0.493 e. The molecule has 0 saturated carbocycles. The van der Waals surface area contributed by atoms with Crippen molar-refractivity contribution in [2.45, 2.75) is 51.5 Å². The molecule has 1 amide bonds. The summed E-state index contributed by atoms with van der Waals surface area (Å²) in [6, 6.07) is 16.4.